The first-order valence-electron chi connectivity index (χ1n) is 10.2. The van der Waals surface area contributed by atoms with E-state index in [0.29, 0.717) is 48.0 Å². The number of hydrogen-bond donors (Lipinski definition) is 1. The van der Waals surface area contributed by atoms with E-state index in [2.05, 4.69) is 0 Å². The zero-order valence-corrected chi connectivity index (χ0v) is 18.2. The zero-order chi connectivity index (χ0) is 22.4. The number of benzene rings is 2. The van der Waals surface area contributed by atoms with Crippen LogP contribution in [0.1, 0.15) is 29.6 Å². The molecule has 0 unspecified atom stereocenters. The van der Waals surface area contributed by atoms with Gasteiger partial charge in [-0.1, -0.05) is 23.7 Å². The number of hydrogen-bond acceptors (Lipinski definition) is 4. The number of piperidine rings is 1. The number of halogens is 1. The lowest BCUT2D eigenvalue weighted by Gasteiger charge is -2.34. The highest BCUT2D eigenvalue weighted by molar-refractivity contribution is 6.30. The lowest BCUT2D eigenvalue weighted by atomic mass is 9.94. The maximum atomic E-state index is 13.4. The molecule has 31 heavy (non-hydrogen) atoms. The average molecular weight is 444 g/mol. The van der Waals surface area contributed by atoms with E-state index in [-0.39, 0.29) is 30.7 Å². The number of anilines is 1. The van der Waals surface area contributed by atoms with Gasteiger partial charge in [-0.25, -0.2) is 0 Å². The average Bonchev–Trinajstić information content (AvgIpc) is 2.79. The molecule has 0 spiro atoms. The van der Waals surface area contributed by atoms with Crippen LogP contribution in [-0.2, 0) is 9.59 Å². The molecule has 8 heteroatoms. The first-order chi connectivity index (χ1) is 14.9. The summed E-state index contributed by atoms with van der Waals surface area (Å²) in [6.07, 6.45) is 1.14. The molecule has 2 aromatic carbocycles. The van der Waals surface area contributed by atoms with Gasteiger partial charge >= 0.3 is 0 Å². The monoisotopic (exact) mass is 443 g/mol. The van der Waals surface area contributed by atoms with Crippen LogP contribution in [0.5, 0.6) is 5.75 Å². The van der Waals surface area contributed by atoms with Crippen LogP contribution in [0.2, 0.25) is 5.02 Å². The van der Waals surface area contributed by atoms with E-state index in [1.807, 2.05) is 12.1 Å². The molecule has 0 aromatic heterocycles. The fraction of sp³-hybridized carbons (Fsp3) is 0.348. The maximum absolute atomic E-state index is 13.4. The smallest absolute Gasteiger partial charge is 0.253 e. The minimum Gasteiger partial charge on any atom is -0.495 e. The molecule has 1 aliphatic heterocycles. The molecule has 1 heterocycles. The zero-order valence-electron chi connectivity index (χ0n) is 17.4. The molecule has 3 rings (SSSR count). The lowest BCUT2D eigenvalue weighted by molar-refractivity contribution is -0.123. The van der Waals surface area contributed by atoms with Crippen LogP contribution in [0.3, 0.4) is 0 Å². The molecule has 0 atom stereocenters. The Hall–Kier alpha value is -3.06. The number of methoxy groups -OCH3 is 1. The number of carbonyl (C=O) groups excluding carboxylic acids is 3. The van der Waals surface area contributed by atoms with E-state index in [1.54, 1.807) is 46.2 Å². The molecule has 0 bridgehead atoms. The van der Waals surface area contributed by atoms with Gasteiger partial charge in [0.2, 0.25) is 11.8 Å². The van der Waals surface area contributed by atoms with Crippen LogP contribution < -0.4 is 15.4 Å². The Kier molecular flexibility index (Phi) is 7.52. The van der Waals surface area contributed by atoms with Gasteiger partial charge < -0.3 is 20.3 Å². The Morgan fingerprint density at radius 3 is 2.35 bits per heavy atom. The Bertz CT molecular complexity index is 940. The highest BCUT2D eigenvalue weighted by atomic mass is 35.5. The van der Waals surface area contributed by atoms with Gasteiger partial charge in [-0.15, -0.1) is 0 Å². The van der Waals surface area contributed by atoms with Crippen LogP contribution in [-0.4, -0.2) is 49.4 Å². The number of primary amides is 1. The second-order valence-electron chi connectivity index (χ2n) is 7.45. The summed E-state index contributed by atoms with van der Waals surface area (Å²) in [6, 6.07) is 14.0. The van der Waals surface area contributed by atoms with Crippen molar-refractivity contribution in [1.29, 1.82) is 0 Å². The third-order valence-corrected chi connectivity index (χ3v) is 5.70. The molecule has 1 fully saturated rings. The number of rotatable bonds is 7. The van der Waals surface area contributed by atoms with Gasteiger partial charge in [0, 0.05) is 42.6 Å². The maximum Gasteiger partial charge on any atom is 0.253 e. The molecule has 0 saturated carbocycles. The van der Waals surface area contributed by atoms with Crippen molar-refractivity contribution in [2.45, 2.75) is 19.3 Å². The Morgan fingerprint density at radius 1 is 1.10 bits per heavy atom. The normalized spacial score (nSPS) is 14.2. The molecule has 164 valence electrons. The molecule has 2 aromatic rings. The second-order valence-corrected chi connectivity index (χ2v) is 7.89. The summed E-state index contributed by atoms with van der Waals surface area (Å²) < 4.78 is 5.40. The van der Waals surface area contributed by atoms with Crippen LogP contribution in [0.25, 0.3) is 0 Å². The fourth-order valence-corrected chi connectivity index (χ4v) is 3.88. The molecule has 0 aliphatic carbocycles. The Labute approximate surface area is 186 Å². The number of ether oxygens (including phenoxy) is 1. The predicted octanol–water partition coefficient (Wildman–Crippen LogP) is 3.11. The van der Waals surface area contributed by atoms with E-state index in [4.69, 9.17) is 22.1 Å². The number of para-hydroxylation sites is 2. The van der Waals surface area contributed by atoms with E-state index in [1.165, 1.54) is 7.11 Å². The number of nitrogens with two attached hydrogens (primary N) is 1. The van der Waals surface area contributed by atoms with Gasteiger partial charge in [0.05, 0.1) is 12.8 Å². The molecule has 3 amide bonds. The lowest BCUT2D eigenvalue weighted by Crippen LogP contribution is -2.45. The third-order valence-electron chi connectivity index (χ3n) is 5.45. The van der Waals surface area contributed by atoms with Gasteiger partial charge in [0.15, 0.2) is 0 Å². The van der Waals surface area contributed by atoms with Gasteiger partial charge in [-0.3, -0.25) is 14.4 Å². The summed E-state index contributed by atoms with van der Waals surface area (Å²) in [5, 5.41) is 0.577. The summed E-state index contributed by atoms with van der Waals surface area (Å²) in [5.41, 5.74) is 6.51. The minimum atomic E-state index is -0.476. The van der Waals surface area contributed by atoms with E-state index < -0.39 is 5.91 Å². The summed E-state index contributed by atoms with van der Waals surface area (Å²) in [4.78, 5) is 40.8. The second kappa shape index (κ2) is 10.3. The molecule has 7 nitrogen and oxygen atoms in total. The topological polar surface area (TPSA) is 92.9 Å². The van der Waals surface area contributed by atoms with Crippen LogP contribution in [0.15, 0.2) is 48.5 Å². The van der Waals surface area contributed by atoms with Crippen molar-refractivity contribution in [3.8, 4) is 5.75 Å². The first kappa shape index (κ1) is 22.6. The van der Waals surface area contributed by atoms with E-state index >= 15 is 0 Å². The molecule has 1 aliphatic rings. The van der Waals surface area contributed by atoms with Crippen molar-refractivity contribution in [3.63, 3.8) is 0 Å². The number of likely N-dealkylation sites (tertiary alicyclic amines) is 1. The highest BCUT2D eigenvalue weighted by Crippen LogP contribution is 2.31. The summed E-state index contributed by atoms with van der Waals surface area (Å²) in [6.45, 7) is 1.14. The fourth-order valence-electron chi connectivity index (χ4n) is 3.75. The van der Waals surface area contributed by atoms with Crippen molar-refractivity contribution < 1.29 is 19.1 Å². The van der Waals surface area contributed by atoms with Crippen molar-refractivity contribution >= 4 is 35.0 Å². The van der Waals surface area contributed by atoms with Crippen molar-refractivity contribution in [2.75, 3.05) is 31.6 Å². The molecule has 1 saturated heterocycles. The van der Waals surface area contributed by atoms with Crippen molar-refractivity contribution in [3.05, 3.63) is 59.1 Å². The van der Waals surface area contributed by atoms with E-state index in [0.717, 1.165) is 0 Å². The van der Waals surface area contributed by atoms with Crippen LogP contribution in [0.4, 0.5) is 5.69 Å². The van der Waals surface area contributed by atoms with Crippen LogP contribution in [0, 0.1) is 5.92 Å². The summed E-state index contributed by atoms with van der Waals surface area (Å²) in [7, 11) is 1.54. The third kappa shape index (κ3) is 5.55. The minimum absolute atomic E-state index is 0.0533. The van der Waals surface area contributed by atoms with E-state index in [9.17, 15) is 14.4 Å². The first-order valence-corrected chi connectivity index (χ1v) is 10.6. The Balaban J connectivity index is 1.70. The van der Waals surface area contributed by atoms with Gasteiger partial charge in [0.25, 0.3) is 5.91 Å². The van der Waals surface area contributed by atoms with Crippen molar-refractivity contribution in [1.82, 2.24) is 4.90 Å². The SMILES string of the molecule is COc1ccccc1N(CCC(N)=O)C(=O)C1CCN(C(=O)c2ccc(Cl)cc2)CC1. The van der Waals surface area contributed by atoms with Gasteiger partial charge in [0.1, 0.15) is 5.75 Å². The number of carbonyl (C=O) groups is 3. The largest absolute Gasteiger partial charge is 0.495 e. The molecule has 0 radical (unpaired) electrons. The molecule has 2 N–H and O–H groups in total. The quantitative estimate of drug-likeness (QED) is 0.711. The van der Waals surface area contributed by atoms with Gasteiger partial charge in [-0.05, 0) is 49.2 Å². The Morgan fingerprint density at radius 2 is 1.74 bits per heavy atom. The summed E-state index contributed by atoms with van der Waals surface area (Å²) in [5.74, 6) is -0.346. The number of amides is 3. The molecular formula is C23H26ClN3O4. The molecular weight excluding hydrogens is 418 g/mol. The van der Waals surface area contributed by atoms with Crippen molar-refractivity contribution in [2.24, 2.45) is 11.7 Å². The van der Waals surface area contributed by atoms with Gasteiger partial charge in [-0.2, -0.15) is 0 Å². The summed E-state index contributed by atoms with van der Waals surface area (Å²) >= 11 is 5.90. The van der Waals surface area contributed by atoms with Crippen LogP contribution >= 0.6 is 11.6 Å². The number of nitrogens with zero attached hydrogens (tertiary/aromatic N) is 2. The highest BCUT2D eigenvalue weighted by Gasteiger charge is 2.32. The standard InChI is InChI=1S/C23H26ClN3O4/c1-31-20-5-3-2-4-19(20)27(15-12-21(25)28)23(30)17-10-13-26(14-11-17)22(29)16-6-8-18(24)9-7-16/h2-9,17H,10-15H2,1H3,(H2,25,28). The predicted molar refractivity (Wildman–Crippen MR) is 119 cm³/mol.